The third-order valence-electron chi connectivity index (χ3n) is 2.60. The molecular formula is C15H22BrNO2. The molecule has 0 N–H and O–H groups in total. The predicted octanol–water partition coefficient (Wildman–Crippen LogP) is 4.08. The van der Waals surface area contributed by atoms with Gasteiger partial charge in [0.05, 0.1) is 13.7 Å². The fourth-order valence-corrected chi connectivity index (χ4v) is 1.78. The van der Waals surface area contributed by atoms with E-state index in [1.165, 1.54) is 0 Å². The van der Waals surface area contributed by atoms with Crippen LogP contribution in [0.2, 0.25) is 0 Å². The highest BCUT2D eigenvalue weighted by Gasteiger charge is 2.04. The lowest BCUT2D eigenvalue weighted by Crippen LogP contribution is -1.99. The number of nitrogens with zero attached hydrogens (tertiary/aromatic N) is 1. The molecule has 3 nitrogen and oxygen atoms in total. The molecule has 0 aromatic heterocycles. The summed E-state index contributed by atoms with van der Waals surface area (Å²) in [5.41, 5.74) is 1.04. The van der Waals surface area contributed by atoms with Crippen LogP contribution in [-0.4, -0.2) is 31.8 Å². The van der Waals surface area contributed by atoms with Crippen LogP contribution in [0.25, 0.3) is 0 Å². The fraction of sp³-hybridized carbons (Fsp3) is 0.533. The van der Waals surface area contributed by atoms with Crippen molar-refractivity contribution in [1.82, 2.24) is 0 Å². The zero-order valence-electron chi connectivity index (χ0n) is 11.7. The zero-order valence-corrected chi connectivity index (χ0v) is 13.3. The van der Waals surface area contributed by atoms with Crippen LogP contribution in [0.15, 0.2) is 23.2 Å². The van der Waals surface area contributed by atoms with E-state index >= 15 is 0 Å². The van der Waals surface area contributed by atoms with Crippen LogP contribution in [0.3, 0.4) is 0 Å². The Balaban J connectivity index is 2.64. The molecule has 0 aliphatic heterocycles. The SMILES string of the molecule is CCCCOc1ccc(C=NCCCBr)cc1OC. The molecule has 0 spiro atoms. The van der Waals surface area contributed by atoms with Gasteiger partial charge in [-0.2, -0.15) is 0 Å². The zero-order chi connectivity index (χ0) is 13.9. The number of halogens is 1. The van der Waals surface area contributed by atoms with Gasteiger partial charge in [0.2, 0.25) is 0 Å². The first-order valence-electron chi connectivity index (χ1n) is 6.68. The summed E-state index contributed by atoms with van der Waals surface area (Å²) in [6.07, 6.45) is 5.10. The van der Waals surface area contributed by atoms with E-state index in [2.05, 4.69) is 27.8 Å². The molecule has 0 bridgehead atoms. The predicted molar refractivity (Wildman–Crippen MR) is 84.3 cm³/mol. The first-order chi connectivity index (χ1) is 9.31. The Kier molecular flexibility index (Phi) is 8.30. The highest BCUT2D eigenvalue weighted by Crippen LogP contribution is 2.27. The van der Waals surface area contributed by atoms with E-state index in [0.717, 1.165) is 54.8 Å². The topological polar surface area (TPSA) is 30.8 Å². The van der Waals surface area contributed by atoms with Gasteiger partial charge >= 0.3 is 0 Å². The maximum atomic E-state index is 5.69. The van der Waals surface area contributed by atoms with Gasteiger partial charge < -0.3 is 9.47 Å². The van der Waals surface area contributed by atoms with Crippen LogP contribution in [0.5, 0.6) is 11.5 Å². The van der Waals surface area contributed by atoms with E-state index in [9.17, 15) is 0 Å². The molecule has 1 aromatic carbocycles. The molecule has 0 amide bonds. The number of unbranched alkanes of at least 4 members (excludes halogenated alkanes) is 1. The van der Waals surface area contributed by atoms with Crippen LogP contribution in [-0.2, 0) is 0 Å². The summed E-state index contributed by atoms with van der Waals surface area (Å²) in [6.45, 7) is 3.71. The number of alkyl halides is 1. The minimum atomic E-state index is 0.728. The summed E-state index contributed by atoms with van der Waals surface area (Å²) in [7, 11) is 1.66. The maximum Gasteiger partial charge on any atom is 0.161 e. The number of hydrogen-bond acceptors (Lipinski definition) is 3. The van der Waals surface area contributed by atoms with E-state index in [4.69, 9.17) is 9.47 Å². The summed E-state index contributed by atoms with van der Waals surface area (Å²) >= 11 is 3.39. The van der Waals surface area contributed by atoms with Gasteiger partial charge in [0, 0.05) is 18.1 Å². The molecular weight excluding hydrogens is 306 g/mol. The summed E-state index contributed by atoms with van der Waals surface area (Å²) in [5, 5.41) is 0.984. The molecule has 106 valence electrons. The third kappa shape index (κ3) is 6.10. The molecule has 0 aliphatic rings. The molecule has 0 saturated heterocycles. The first-order valence-corrected chi connectivity index (χ1v) is 7.80. The lowest BCUT2D eigenvalue weighted by atomic mass is 10.2. The Hall–Kier alpha value is -1.03. The molecule has 0 saturated carbocycles. The van der Waals surface area contributed by atoms with Crippen LogP contribution < -0.4 is 9.47 Å². The van der Waals surface area contributed by atoms with Crippen LogP contribution in [0, 0.1) is 0 Å². The molecule has 0 aliphatic carbocycles. The summed E-state index contributed by atoms with van der Waals surface area (Å²) in [5.74, 6) is 1.56. The number of aliphatic imine (C=N–C) groups is 1. The molecule has 0 radical (unpaired) electrons. The Morgan fingerprint density at radius 1 is 1.26 bits per heavy atom. The van der Waals surface area contributed by atoms with Crippen molar-refractivity contribution in [3.8, 4) is 11.5 Å². The van der Waals surface area contributed by atoms with E-state index in [1.54, 1.807) is 7.11 Å². The second-order valence-corrected chi connectivity index (χ2v) is 4.98. The van der Waals surface area contributed by atoms with Gasteiger partial charge in [-0.1, -0.05) is 29.3 Å². The number of hydrogen-bond donors (Lipinski definition) is 0. The molecule has 0 heterocycles. The average molecular weight is 328 g/mol. The standard InChI is InChI=1S/C15H22BrNO2/c1-3-4-10-19-14-7-6-13(11-15(14)18-2)12-17-9-5-8-16/h6-7,11-12H,3-5,8-10H2,1-2H3. The van der Waals surface area contributed by atoms with E-state index in [-0.39, 0.29) is 0 Å². The maximum absolute atomic E-state index is 5.69. The Morgan fingerprint density at radius 3 is 2.79 bits per heavy atom. The van der Waals surface area contributed by atoms with Crippen molar-refractivity contribution in [3.05, 3.63) is 23.8 Å². The van der Waals surface area contributed by atoms with Crippen molar-refractivity contribution in [1.29, 1.82) is 0 Å². The van der Waals surface area contributed by atoms with Crippen LogP contribution in [0.4, 0.5) is 0 Å². The van der Waals surface area contributed by atoms with Crippen LogP contribution in [0.1, 0.15) is 31.7 Å². The van der Waals surface area contributed by atoms with Crippen LogP contribution >= 0.6 is 15.9 Å². The minimum absolute atomic E-state index is 0.728. The second kappa shape index (κ2) is 9.84. The summed E-state index contributed by atoms with van der Waals surface area (Å²) < 4.78 is 11.0. The molecule has 19 heavy (non-hydrogen) atoms. The summed E-state index contributed by atoms with van der Waals surface area (Å²) in [6, 6.07) is 5.90. The van der Waals surface area contributed by atoms with Gasteiger partial charge in [-0.3, -0.25) is 4.99 Å². The van der Waals surface area contributed by atoms with E-state index in [0.29, 0.717) is 0 Å². The molecule has 1 aromatic rings. The molecule has 0 unspecified atom stereocenters. The lowest BCUT2D eigenvalue weighted by molar-refractivity contribution is 0.288. The van der Waals surface area contributed by atoms with Crippen molar-refractivity contribution in [3.63, 3.8) is 0 Å². The Bertz CT molecular complexity index is 394. The van der Waals surface area contributed by atoms with Gasteiger partial charge in [-0.25, -0.2) is 0 Å². The van der Waals surface area contributed by atoms with Gasteiger partial charge in [0.25, 0.3) is 0 Å². The quantitative estimate of drug-likeness (QED) is 0.388. The smallest absolute Gasteiger partial charge is 0.161 e. The fourth-order valence-electron chi connectivity index (χ4n) is 1.53. The van der Waals surface area contributed by atoms with Gasteiger partial charge in [0.15, 0.2) is 11.5 Å². The molecule has 4 heteroatoms. The largest absolute Gasteiger partial charge is 0.493 e. The third-order valence-corrected chi connectivity index (χ3v) is 3.17. The number of ether oxygens (including phenoxy) is 2. The van der Waals surface area contributed by atoms with Crippen molar-refractivity contribution < 1.29 is 9.47 Å². The van der Waals surface area contributed by atoms with E-state index in [1.807, 2.05) is 24.4 Å². The van der Waals surface area contributed by atoms with Gasteiger partial charge in [-0.05, 0) is 36.6 Å². The number of rotatable bonds is 9. The highest BCUT2D eigenvalue weighted by molar-refractivity contribution is 9.09. The van der Waals surface area contributed by atoms with Gasteiger partial charge in [-0.15, -0.1) is 0 Å². The van der Waals surface area contributed by atoms with E-state index < -0.39 is 0 Å². The number of methoxy groups -OCH3 is 1. The minimum Gasteiger partial charge on any atom is -0.493 e. The average Bonchev–Trinajstić information content (AvgIpc) is 2.45. The lowest BCUT2D eigenvalue weighted by Gasteiger charge is -2.10. The molecule has 0 fully saturated rings. The van der Waals surface area contributed by atoms with Crippen molar-refractivity contribution in [2.45, 2.75) is 26.2 Å². The second-order valence-electron chi connectivity index (χ2n) is 4.19. The first kappa shape index (κ1) is 16.0. The van der Waals surface area contributed by atoms with Crippen molar-refractivity contribution >= 4 is 22.1 Å². The normalized spacial score (nSPS) is 10.9. The molecule has 0 atom stereocenters. The highest BCUT2D eigenvalue weighted by atomic mass is 79.9. The van der Waals surface area contributed by atoms with Crippen molar-refractivity contribution in [2.24, 2.45) is 4.99 Å². The Morgan fingerprint density at radius 2 is 2.11 bits per heavy atom. The van der Waals surface area contributed by atoms with Crippen molar-refractivity contribution in [2.75, 3.05) is 25.6 Å². The molecule has 1 rings (SSSR count). The van der Waals surface area contributed by atoms with Gasteiger partial charge in [0.1, 0.15) is 0 Å². The Labute approximate surface area is 124 Å². The monoisotopic (exact) mass is 327 g/mol. The number of benzene rings is 1. The summed E-state index contributed by atoms with van der Waals surface area (Å²) in [4.78, 5) is 4.36.